The van der Waals surface area contributed by atoms with Gasteiger partial charge in [-0.15, -0.1) is 0 Å². The number of aromatic nitrogens is 1. The number of rotatable bonds is 2. The van der Waals surface area contributed by atoms with Crippen molar-refractivity contribution in [1.82, 2.24) is 9.88 Å². The van der Waals surface area contributed by atoms with E-state index in [1.54, 1.807) is 12.3 Å². The molecule has 0 radical (unpaired) electrons. The second kappa shape index (κ2) is 5.71. The minimum Gasteiger partial charge on any atom is -0.458 e. The molecule has 2 bridgehead atoms. The monoisotopic (exact) mass is 309 g/mol. The van der Waals surface area contributed by atoms with Crippen molar-refractivity contribution in [2.75, 3.05) is 19.6 Å². The molecule has 3 saturated heterocycles. The summed E-state index contributed by atoms with van der Waals surface area (Å²) in [5.41, 5.74) is 6.16. The summed E-state index contributed by atoms with van der Waals surface area (Å²) in [6, 6.07) is 3.57. The SMILES string of the molecule is NC(=O)c1cc2cc(CC#C[C@@H]3CN4CCC3CC4)oc2cn1. The van der Waals surface area contributed by atoms with Gasteiger partial charge < -0.3 is 15.1 Å². The van der Waals surface area contributed by atoms with E-state index in [0.717, 1.165) is 23.6 Å². The lowest BCUT2D eigenvalue weighted by molar-refractivity contribution is 0.0778. The van der Waals surface area contributed by atoms with E-state index in [9.17, 15) is 4.79 Å². The lowest BCUT2D eigenvalue weighted by atomic mass is 9.79. The van der Waals surface area contributed by atoms with E-state index >= 15 is 0 Å². The molecule has 0 unspecified atom stereocenters. The maximum Gasteiger partial charge on any atom is 0.267 e. The molecule has 1 atom stereocenters. The van der Waals surface area contributed by atoms with Gasteiger partial charge in [-0.2, -0.15) is 0 Å². The first kappa shape index (κ1) is 14.3. The van der Waals surface area contributed by atoms with Crippen LogP contribution in [0.3, 0.4) is 0 Å². The van der Waals surface area contributed by atoms with E-state index in [1.165, 1.54) is 25.9 Å². The molecule has 2 aromatic heterocycles. The predicted octanol–water partition coefficient (Wildman–Crippen LogP) is 1.81. The van der Waals surface area contributed by atoms with Gasteiger partial charge in [0.25, 0.3) is 5.91 Å². The summed E-state index contributed by atoms with van der Waals surface area (Å²) < 4.78 is 5.73. The van der Waals surface area contributed by atoms with Gasteiger partial charge in [0.1, 0.15) is 11.5 Å². The third kappa shape index (κ3) is 2.82. The smallest absolute Gasteiger partial charge is 0.267 e. The van der Waals surface area contributed by atoms with Crippen LogP contribution in [0.15, 0.2) is 22.7 Å². The Morgan fingerprint density at radius 2 is 2.22 bits per heavy atom. The van der Waals surface area contributed by atoms with Crippen LogP contribution in [-0.4, -0.2) is 35.4 Å². The van der Waals surface area contributed by atoms with E-state index in [2.05, 4.69) is 21.7 Å². The molecule has 23 heavy (non-hydrogen) atoms. The number of amides is 1. The number of fused-ring (bicyclic) bond motifs is 4. The number of nitrogens with two attached hydrogens (primary N) is 1. The van der Waals surface area contributed by atoms with Gasteiger partial charge in [-0.3, -0.25) is 4.79 Å². The van der Waals surface area contributed by atoms with Crippen molar-refractivity contribution in [3.63, 3.8) is 0 Å². The van der Waals surface area contributed by atoms with Crippen molar-refractivity contribution in [3.8, 4) is 11.8 Å². The second-order valence-electron chi connectivity index (χ2n) is 6.43. The first-order valence-corrected chi connectivity index (χ1v) is 8.08. The van der Waals surface area contributed by atoms with E-state index in [0.29, 0.717) is 17.9 Å². The third-order valence-corrected chi connectivity index (χ3v) is 4.91. The van der Waals surface area contributed by atoms with Crippen molar-refractivity contribution in [3.05, 3.63) is 29.8 Å². The molecule has 0 saturated carbocycles. The highest BCUT2D eigenvalue weighted by Crippen LogP contribution is 2.31. The summed E-state index contributed by atoms with van der Waals surface area (Å²) in [7, 11) is 0. The highest BCUT2D eigenvalue weighted by Gasteiger charge is 2.32. The van der Waals surface area contributed by atoms with Crippen LogP contribution in [0, 0.1) is 23.7 Å². The number of carbonyl (C=O) groups excluding carboxylic acids is 1. The molecule has 5 heteroatoms. The van der Waals surface area contributed by atoms with Crippen LogP contribution >= 0.6 is 0 Å². The van der Waals surface area contributed by atoms with E-state index in [1.807, 2.05) is 6.07 Å². The zero-order valence-electron chi connectivity index (χ0n) is 12.9. The summed E-state index contributed by atoms with van der Waals surface area (Å²) in [5.74, 6) is 8.25. The van der Waals surface area contributed by atoms with Crippen molar-refractivity contribution in [2.45, 2.75) is 19.3 Å². The van der Waals surface area contributed by atoms with Gasteiger partial charge in [0, 0.05) is 17.8 Å². The largest absolute Gasteiger partial charge is 0.458 e. The third-order valence-electron chi connectivity index (χ3n) is 4.91. The first-order valence-electron chi connectivity index (χ1n) is 8.08. The molecule has 0 spiro atoms. The maximum absolute atomic E-state index is 11.2. The fourth-order valence-electron chi connectivity index (χ4n) is 3.62. The molecule has 0 aromatic carbocycles. The number of furan rings is 1. The molecule has 5 heterocycles. The van der Waals surface area contributed by atoms with Gasteiger partial charge in [0.2, 0.25) is 0 Å². The molecule has 2 N–H and O–H groups in total. The first-order chi connectivity index (χ1) is 11.2. The van der Waals surface area contributed by atoms with Gasteiger partial charge in [0.15, 0.2) is 5.58 Å². The second-order valence-corrected chi connectivity index (χ2v) is 6.43. The average Bonchev–Trinajstić information content (AvgIpc) is 2.97. The zero-order valence-corrected chi connectivity index (χ0v) is 12.9. The Kier molecular flexibility index (Phi) is 3.55. The van der Waals surface area contributed by atoms with Gasteiger partial charge in [0.05, 0.1) is 12.6 Å². The Morgan fingerprint density at radius 1 is 1.39 bits per heavy atom. The molecule has 3 aliphatic heterocycles. The highest BCUT2D eigenvalue weighted by molar-refractivity contribution is 5.94. The number of hydrogen-bond acceptors (Lipinski definition) is 4. The topological polar surface area (TPSA) is 72.4 Å². The fourth-order valence-corrected chi connectivity index (χ4v) is 3.62. The molecule has 5 rings (SSSR count). The summed E-state index contributed by atoms with van der Waals surface area (Å²) in [6.45, 7) is 3.59. The lowest BCUT2D eigenvalue weighted by Gasteiger charge is -2.42. The Bertz CT molecular complexity index is 807. The molecule has 118 valence electrons. The number of nitrogens with zero attached hydrogens (tertiary/aromatic N) is 2. The number of carbonyl (C=O) groups is 1. The highest BCUT2D eigenvalue weighted by atomic mass is 16.3. The summed E-state index contributed by atoms with van der Waals surface area (Å²) in [6.07, 6.45) is 4.70. The van der Waals surface area contributed by atoms with Crippen LogP contribution in [-0.2, 0) is 6.42 Å². The molecule has 5 nitrogen and oxygen atoms in total. The zero-order chi connectivity index (χ0) is 15.8. The standard InChI is InChI=1S/C18H19N3O2/c19-18(22)16-9-14-8-15(23-17(14)10-20-16)3-1-2-13-11-21-6-4-12(13)5-7-21/h8-10,12-13H,3-7,11H2,(H2,19,22)/t13-/m1/s1. The van der Waals surface area contributed by atoms with Crippen LogP contribution in [0.1, 0.15) is 29.1 Å². The Labute approximate surface area is 134 Å². The lowest BCUT2D eigenvalue weighted by Crippen LogP contribution is -2.46. The molecule has 0 aliphatic carbocycles. The quantitative estimate of drug-likeness (QED) is 0.859. The van der Waals surface area contributed by atoms with Crippen LogP contribution in [0.25, 0.3) is 11.0 Å². The maximum atomic E-state index is 11.2. The molecular formula is C18H19N3O2. The van der Waals surface area contributed by atoms with Crippen LogP contribution in [0.4, 0.5) is 0 Å². The van der Waals surface area contributed by atoms with Crippen molar-refractivity contribution < 1.29 is 9.21 Å². The summed E-state index contributed by atoms with van der Waals surface area (Å²) in [5, 5.41) is 0.841. The number of pyridine rings is 1. The molecule has 3 aliphatic rings. The Morgan fingerprint density at radius 3 is 2.91 bits per heavy atom. The van der Waals surface area contributed by atoms with Gasteiger partial charge in [-0.05, 0) is 44.0 Å². The Balaban J connectivity index is 1.48. The fraction of sp³-hybridized carbons (Fsp3) is 0.444. The number of primary amides is 1. The summed E-state index contributed by atoms with van der Waals surface area (Å²) in [4.78, 5) is 17.7. The molecule has 2 aromatic rings. The average molecular weight is 309 g/mol. The normalized spacial score (nSPS) is 26.0. The van der Waals surface area contributed by atoms with Crippen LogP contribution in [0.2, 0.25) is 0 Å². The minimum atomic E-state index is -0.531. The van der Waals surface area contributed by atoms with Crippen LogP contribution < -0.4 is 5.73 Å². The molecule has 1 amide bonds. The number of hydrogen-bond donors (Lipinski definition) is 1. The molecular weight excluding hydrogens is 290 g/mol. The van der Waals surface area contributed by atoms with Gasteiger partial charge in [-0.1, -0.05) is 11.8 Å². The van der Waals surface area contributed by atoms with Gasteiger partial charge >= 0.3 is 0 Å². The molecule has 3 fully saturated rings. The van der Waals surface area contributed by atoms with Gasteiger partial charge in [-0.25, -0.2) is 4.98 Å². The van der Waals surface area contributed by atoms with Crippen molar-refractivity contribution in [1.29, 1.82) is 0 Å². The van der Waals surface area contributed by atoms with E-state index in [-0.39, 0.29) is 5.69 Å². The van der Waals surface area contributed by atoms with Crippen molar-refractivity contribution >= 4 is 16.9 Å². The predicted molar refractivity (Wildman–Crippen MR) is 86.7 cm³/mol. The number of piperidine rings is 3. The minimum absolute atomic E-state index is 0.253. The van der Waals surface area contributed by atoms with Crippen LogP contribution in [0.5, 0.6) is 0 Å². The van der Waals surface area contributed by atoms with E-state index in [4.69, 9.17) is 10.2 Å². The van der Waals surface area contributed by atoms with E-state index < -0.39 is 5.91 Å². The Hall–Kier alpha value is -2.32. The van der Waals surface area contributed by atoms with Crippen molar-refractivity contribution in [2.24, 2.45) is 17.6 Å². The summed E-state index contributed by atoms with van der Waals surface area (Å²) >= 11 is 0.